The highest BCUT2D eigenvalue weighted by atomic mass is 16.5. The summed E-state index contributed by atoms with van der Waals surface area (Å²) in [6, 6.07) is 18.7. The maximum Gasteiger partial charge on any atom is 0.339 e. The second-order valence-corrected chi connectivity index (χ2v) is 8.34. The second kappa shape index (κ2) is 8.46. The number of fused-ring (bicyclic) bond motifs is 2. The van der Waals surface area contributed by atoms with Gasteiger partial charge in [-0.05, 0) is 48.4 Å². The van der Waals surface area contributed by atoms with E-state index in [-0.39, 0.29) is 12.5 Å². The van der Waals surface area contributed by atoms with E-state index in [0.29, 0.717) is 47.0 Å². The van der Waals surface area contributed by atoms with E-state index >= 15 is 0 Å². The number of para-hydroxylation sites is 2. The molecule has 1 saturated heterocycles. The topological polar surface area (TPSA) is 72.6 Å². The van der Waals surface area contributed by atoms with Gasteiger partial charge in [0.25, 0.3) is 5.91 Å². The van der Waals surface area contributed by atoms with E-state index in [1.54, 1.807) is 11.0 Å². The van der Waals surface area contributed by atoms with Gasteiger partial charge in [-0.25, -0.2) is 9.78 Å². The summed E-state index contributed by atoms with van der Waals surface area (Å²) in [5, 5.41) is 1.57. The standard InChI is InChI=1S/C26H24N2O4/c1-17-12-14-28(15-13-17)23(29)16-31-26(30)20-9-5-7-18-6-4-8-19(24(18)20)25-27-21-10-2-3-11-22(21)32-25/h2-11,17H,12-16H2,1H3. The van der Waals surface area contributed by atoms with Gasteiger partial charge in [0.15, 0.2) is 12.2 Å². The molecule has 0 saturated carbocycles. The molecule has 6 nitrogen and oxygen atoms in total. The number of oxazole rings is 1. The summed E-state index contributed by atoms with van der Waals surface area (Å²) in [7, 11) is 0. The lowest BCUT2D eigenvalue weighted by molar-refractivity contribution is -0.135. The molecule has 3 aromatic carbocycles. The van der Waals surface area contributed by atoms with Crippen LogP contribution in [0.2, 0.25) is 0 Å². The molecule has 1 aliphatic rings. The zero-order valence-electron chi connectivity index (χ0n) is 17.9. The van der Waals surface area contributed by atoms with Gasteiger partial charge in [0.1, 0.15) is 5.52 Å². The summed E-state index contributed by atoms with van der Waals surface area (Å²) in [5.74, 6) is 0.390. The minimum atomic E-state index is -0.530. The number of rotatable bonds is 4. The molecule has 4 aromatic rings. The van der Waals surface area contributed by atoms with Gasteiger partial charge in [0.05, 0.1) is 5.56 Å². The Hall–Kier alpha value is -3.67. The molecule has 0 radical (unpaired) electrons. The van der Waals surface area contributed by atoms with Crippen molar-refractivity contribution in [2.24, 2.45) is 5.92 Å². The Morgan fingerprint density at radius 1 is 1.03 bits per heavy atom. The number of carbonyl (C=O) groups excluding carboxylic acids is 2. The van der Waals surface area contributed by atoms with Gasteiger partial charge in [-0.2, -0.15) is 0 Å². The lowest BCUT2D eigenvalue weighted by atomic mass is 9.99. The molecular weight excluding hydrogens is 404 g/mol. The van der Waals surface area contributed by atoms with Gasteiger partial charge in [0.2, 0.25) is 5.89 Å². The van der Waals surface area contributed by atoms with Gasteiger partial charge in [0, 0.05) is 24.0 Å². The smallest absolute Gasteiger partial charge is 0.339 e. The van der Waals surface area contributed by atoms with E-state index in [1.165, 1.54) is 0 Å². The molecule has 1 amide bonds. The third kappa shape index (κ3) is 3.84. The molecule has 0 atom stereocenters. The molecular formula is C26H24N2O4. The lowest BCUT2D eigenvalue weighted by Gasteiger charge is -2.30. The second-order valence-electron chi connectivity index (χ2n) is 8.34. The van der Waals surface area contributed by atoms with Crippen molar-refractivity contribution in [3.05, 3.63) is 66.2 Å². The quantitative estimate of drug-likeness (QED) is 0.425. The molecule has 0 spiro atoms. The Labute approximate surface area is 185 Å². The van der Waals surface area contributed by atoms with Crippen LogP contribution in [-0.4, -0.2) is 41.5 Å². The van der Waals surface area contributed by atoms with E-state index in [1.807, 2.05) is 54.6 Å². The fourth-order valence-electron chi connectivity index (χ4n) is 4.23. The van der Waals surface area contributed by atoms with E-state index < -0.39 is 5.97 Å². The number of ether oxygens (including phenoxy) is 1. The largest absolute Gasteiger partial charge is 0.452 e. The van der Waals surface area contributed by atoms with Crippen molar-refractivity contribution in [3.63, 3.8) is 0 Å². The van der Waals surface area contributed by atoms with Gasteiger partial charge >= 0.3 is 5.97 Å². The van der Waals surface area contributed by atoms with Crippen LogP contribution >= 0.6 is 0 Å². The fourth-order valence-corrected chi connectivity index (χ4v) is 4.23. The number of likely N-dealkylation sites (tertiary alicyclic amines) is 1. The van der Waals surface area contributed by atoms with E-state index in [4.69, 9.17) is 9.15 Å². The van der Waals surface area contributed by atoms with Crippen molar-refractivity contribution in [2.75, 3.05) is 19.7 Å². The van der Waals surface area contributed by atoms with Crippen molar-refractivity contribution in [1.29, 1.82) is 0 Å². The number of benzene rings is 3. The van der Waals surface area contributed by atoms with E-state index in [2.05, 4.69) is 11.9 Å². The molecule has 1 aromatic heterocycles. The van der Waals surface area contributed by atoms with Crippen LogP contribution in [0, 0.1) is 5.92 Å². The van der Waals surface area contributed by atoms with Crippen molar-refractivity contribution >= 4 is 33.7 Å². The number of hydrogen-bond acceptors (Lipinski definition) is 5. The van der Waals surface area contributed by atoms with Crippen molar-refractivity contribution in [3.8, 4) is 11.5 Å². The fraction of sp³-hybridized carbons (Fsp3) is 0.269. The Kier molecular flexibility index (Phi) is 5.35. The summed E-state index contributed by atoms with van der Waals surface area (Å²) in [6.07, 6.45) is 1.97. The number of carbonyl (C=O) groups is 2. The lowest BCUT2D eigenvalue weighted by Crippen LogP contribution is -2.40. The predicted octanol–water partition coefficient (Wildman–Crippen LogP) is 5.06. The van der Waals surface area contributed by atoms with E-state index in [0.717, 1.165) is 23.7 Å². The third-order valence-electron chi connectivity index (χ3n) is 6.11. The summed E-state index contributed by atoms with van der Waals surface area (Å²) in [6.45, 7) is 3.37. The first kappa shape index (κ1) is 20.2. The van der Waals surface area contributed by atoms with Crippen molar-refractivity contribution in [2.45, 2.75) is 19.8 Å². The number of esters is 1. The minimum absolute atomic E-state index is 0.148. The maximum atomic E-state index is 13.0. The SMILES string of the molecule is CC1CCN(C(=O)COC(=O)c2cccc3cccc(-c4nc5ccccc5o4)c23)CC1. The maximum absolute atomic E-state index is 13.0. The molecule has 2 heterocycles. The molecule has 0 unspecified atom stereocenters. The average Bonchev–Trinajstić information content (AvgIpc) is 3.26. The van der Waals surface area contributed by atoms with Gasteiger partial charge < -0.3 is 14.1 Å². The molecule has 32 heavy (non-hydrogen) atoms. The summed E-state index contributed by atoms with van der Waals surface area (Å²) in [4.78, 5) is 31.9. The predicted molar refractivity (Wildman–Crippen MR) is 122 cm³/mol. The molecule has 6 heteroatoms. The highest BCUT2D eigenvalue weighted by molar-refractivity contribution is 6.10. The molecule has 1 fully saturated rings. The van der Waals surface area contributed by atoms with Crippen LogP contribution < -0.4 is 0 Å². The Balaban J connectivity index is 1.44. The first-order valence-corrected chi connectivity index (χ1v) is 10.9. The third-order valence-corrected chi connectivity index (χ3v) is 6.11. The van der Waals surface area contributed by atoms with Crippen LogP contribution in [-0.2, 0) is 9.53 Å². The van der Waals surface area contributed by atoms with Crippen LogP contribution in [0.1, 0.15) is 30.1 Å². The normalized spacial score (nSPS) is 14.7. The first-order chi connectivity index (χ1) is 15.6. The van der Waals surface area contributed by atoms with Gasteiger partial charge in [-0.3, -0.25) is 4.79 Å². The zero-order valence-corrected chi connectivity index (χ0v) is 17.9. The zero-order chi connectivity index (χ0) is 22.1. The Morgan fingerprint density at radius 2 is 1.78 bits per heavy atom. The Morgan fingerprint density at radius 3 is 2.56 bits per heavy atom. The summed E-state index contributed by atoms with van der Waals surface area (Å²) < 4.78 is 11.4. The summed E-state index contributed by atoms with van der Waals surface area (Å²) >= 11 is 0. The van der Waals surface area contributed by atoms with Crippen molar-refractivity contribution < 1.29 is 18.7 Å². The van der Waals surface area contributed by atoms with Crippen LogP contribution in [0.4, 0.5) is 0 Å². The van der Waals surface area contributed by atoms with Gasteiger partial charge in [-0.1, -0.05) is 43.3 Å². The van der Waals surface area contributed by atoms with Crippen LogP contribution in [0.15, 0.2) is 65.1 Å². The highest BCUT2D eigenvalue weighted by Gasteiger charge is 2.23. The van der Waals surface area contributed by atoms with Crippen LogP contribution in [0.3, 0.4) is 0 Å². The van der Waals surface area contributed by atoms with Crippen LogP contribution in [0.5, 0.6) is 0 Å². The number of amides is 1. The molecule has 0 N–H and O–H groups in total. The number of nitrogens with zero attached hydrogens (tertiary/aromatic N) is 2. The molecule has 0 aliphatic carbocycles. The number of hydrogen-bond donors (Lipinski definition) is 0. The average molecular weight is 428 g/mol. The molecule has 5 rings (SSSR count). The highest BCUT2D eigenvalue weighted by Crippen LogP contribution is 2.33. The Bertz CT molecular complexity index is 1260. The van der Waals surface area contributed by atoms with Crippen molar-refractivity contribution in [1.82, 2.24) is 9.88 Å². The summed E-state index contributed by atoms with van der Waals surface area (Å²) in [5.41, 5.74) is 2.53. The minimum Gasteiger partial charge on any atom is -0.452 e. The number of piperidine rings is 1. The van der Waals surface area contributed by atoms with Gasteiger partial charge in [-0.15, -0.1) is 0 Å². The molecule has 162 valence electrons. The van der Waals surface area contributed by atoms with E-state index in [9.17, 15) is 9.59 Å². The molecule has 1 aliphatic heterocycles. The molecule has 0 bridgehead atoms. The van der Waals surface area contributed by atoms with Crippen LogP contribution in [0.25, 0.3) is 33.3 Å². The first-order valence-electron chi connectivity index (χ1n) is 10.9. The number of aromatic nitrogens is 1. The monoisotopic (exact) mass is 428 g/mol.